The predicted octanol–water partition coefficient (Wildman–Crippen LogP) is 2.62. The molecule has 0 aliphatic carbocycles. The maximum atomic E-state index is 10.9. The van der Waals surface area contributed by atoms with Gasteiger partial charge in [0.2, 0.25) is 0 Å². The summed E-state index contributed by atoms with van der Waals surface area (Å²) in [5.41, 5.74) is 2.80. The van der Waals surface area contributed by atoms with Crippen molar-refractivity contribution < 1.29 is 14.3 Å². The highest BCUT2D eigenvalue weighted by Crippen LogP contribution is 2.10. The first-order valence-corrected chi connectivity index (χ1v) is 6.23. The summed E-state index contributed by atoms with van der Waals surface area (Å²) in [5.74, 6) is -0.485. The first-order chi connectivity index (χ1) is 9.18. The second kappa shape index (κ2) is 6.20. The van der Waals surface area contributed by atoms with Crippen molar-refractivity contribution in [3.8, 4) is 0 Å². The molecule has 0 saturated heterocycles. The summed E-state index contributed by atoms with van der Waals surface area (Å²) in [5, 5.41) is 12.1. The van der Waals surface area contributed by atoms with Gasteiger partial charge in [0.25, 0.3) is 0 Å². The summed E-state index contributed by atoms with van der Waals surface area (Å²) in [6, 6.07) is 9.71. The number of hydrogen-bond donors (Lipinski definition) is 2. The lowest BCUT2D eigenvalue weighted by Gasteiger charge is -2.06. The van der Waals surface area contributed by atoms with Gasteiger partial charge in [-0.05, 0) is 37.1 Å². The molecular weight excluding hydrogens is 242 g/mol. The number of carboxylic acids is 1. The molecule has 4 nitrogen and oxygen atoms in total. The van der Waals surface area contributed by atoms with E-state index in [1.54, 1.807) is 0 Å². The Bertz CT molecular complexity index is 560. The van der Waals surface area contributed by atoms with Crippen LogP contribution in [0.25, 0.3) is 0 Å². The summed E-state index contributed by atoms with van der Waals surface area (Å²) < 4.78 is 5.16. The molecule has 2 aromatic rings. The number of aryl methyl sites for hydroxylation is 1. The molecule has 0 aliphatic heterocycles. The second-order valence-electron chi connectivity index (χ2n) is 4.42. The third-order valence-corrected chi connectivity index (χ3v) is 3.09. The summed E-state index contributed by atoms with van der Waals surface area (Å²) in [6.07, 6.45) is 2.32. The monoisotopic (exact) mass is 259 g/mol. The molecule has 100 valence electrons. The third kappa shape index (κ3) is 3.45. The van der Waals surface area contributed by atoms with E-state index >= 15 is 0 Å². The molecule has 0 saturated carbocycles. The Labute approximate surface area is 112 Å². The highest BCUT2D eigenvalue weighted by atomic mass is 16.4. The van der Waals surface area contributed by atoms with Gasteiger partial charge in [0, 0.05) is 0 Å². The fourth-order valence-corrected chi connectivity index (χ4v) is 1.98. The lowest BCUT2D eigenvalue weighted by Crippen LogP contribution is -2.18. The van der Waals surface area contributed by atoms with E-state index in [2.05, 4.69) is 24.4 Å². The van der Waals surface area contributed by atoms with Crippen molar-refractivity contribution in [3.63, 3.8) is 0 Å². The van der Waals surface area contributed by atoms with Crippen LogP contribution >= 0.6 is 0 Å². The van der Waals surface area contributed by atoms with Crippen LogP contribution in [0, 0.1) is 6.92 Å². The SMILES string of the molecule is Cc1ccccc1CCNCc1occc1C(=O)O. The van der Waals surface area contributed by atoms with Crippen molar-refractivity contribution in [2.24, 2.45) is 0 Å². The van der Waals surface area contributed by atoms with Crippen LogP contribution in [-0.2, 0) is 13.0 Å². The second-order valence-corrected chi connectivity index (χ2v) is 4.42. The Morgan fingerprint density at radius 2 is 2.11 bits per heavy atom. The average Bonchev–Trinajstić information content (AvgIpc) is 2.85. The van der Waals surface area contributed by atoms with Gasteiger partial charge < -0.3 is 14.8 Å². The molecule has 0 radical (unpaired) electrons. The quantitative estimate of drug-likeness (QED) is 0.783. The van der Waals surface area contributed by atoms with E-state index in [1.807, 2.05) is 12.1 Å². The smallest absolute Gasteiger partial charge is 0.339 e. The maximum Gasteiger partial charge on any atom is 0.339 e. The molecule has 0 unspecified atom stereocenters. The van der Waals surface area contributed by atoms with E-state index in [9.17, 15) is 4.79 Å². The first kappa shape index (κ1) is 13.4. The van der Waals surface area contributed by atoms with E-state index in [1.165, 1.54) is 23.5 Å². The standard InChI is InChI=1S/C15H17NO3/c1-11-4-2-3-5-12(11)6-8-16-10-14-13(15(17)18)7-9-19-14/h2-5,7,9,16H,6,8,10H2,1H3,(H,17,18). The molecule has 19 heavy (non-hydrogen) atoms. The first-order valence-electron chi connectivity index (χ1n) is 6.23. The van der Waals surface area contributed by atoms with Gasteiger partial charge in [-0.1, -0.05) is 24.3 Å². The topological polar surface area (TPSA) is 62.5 Å². The molecule has 1 aromatic carbocycles. The number of carboxylic acid groups (broad SMARTS) is 1. The van der Waals surface area contributed by atoms with Gasteiger partial charge in [0.05, 0.1) is 12.8 Å². The summed E-state index contributed by atoms with van der Waals surface area (Å²) >= 11 is 0. The van der Waals surface area contributed by atoms with E-state index in [-0.39, 0.29) is 5.56 Å². The van der Waals surface area contributed by atoms with Crippen molar-refractivity contribution in [2.45, 2.75) is 19.9 Å². The Morgan fingerprint density at radius 1 is 1.32 bits per heavy atom. The van der Waals surface area contributed by atoms with Crippen LogP contribution in [0.1, 0.15) is 27.2 Å². The normalized spacial score (nSPS) is 10.6. The Hall–Kier alpha value is -2.07. The largest absolute Gasteiger partial charge is 0.478 e. The van der Waals surface area contributed by atoms with Crippen LogP contribution < -0.4 is 5.32 Å². The minimum Gasteiger partial charge on any atom is -0.478 e. The van der Waals surface area contributed by atoms with Crippen LogP contribution in [-0.4, -0.2) is 17.6 Å². The molecule has 0 fully saturated rings. The fraction of sp³-hybridized carbons (Fsp3) is 0.267. The number of nitrogens with one attached hydrogen (secondary N) is 1. The van der Waals surface area contributed by atoms with E-state index in [4.69, 9.17) is 9.52 Å². The van der Waals surface area contributed by atoms with E-state index in [0.717, 1.165) is 13.0 Å². The Kier molecular flexibility index (Phi) is 4.36. The zero-order valence-electron chi connectivity index (χ0n) is 10.8. The molecule has 1 heterocycles. The summed E-state index contributed by atoms with van der Waals surface area (Å²) in [6.45, 7) is 3.30. The predicted molar refractivity (Wildman–Crippen MR) is 72.3 cm³/mol. The number of aromatic carboxylic acids is 1. The molecule has 2 rings (SSSR count). The van der Waals surface area contributed by atoms with Crippen LogP contribution in [0.4, 0.5) is 0 Å². The molecule has 1 aromatic heterocycles. The highest BCUT2D eigenvalue weighted by Gasteiger charge is 2.12. The van der Waals surface area contributed by atoms with Crippen LogP contribution in [0.3, 0.4) is 0 Å². The minimum atomic E-state index is -0.954. The van der Waals surface area contributed by atoms with Gasteiger partial charge in [0.1, 0.15) is 11.3 Å². The molecule has 2 N–H and O–H groups in total. The molecule has 0 bridgehead atoms. The summed E-state index contributed by atoms with van der Waals surface area (Å²) in [4.78, 5) is 10.9. The zero-order chi connectivity index (χ0) is 13.7. The van der Waals surface area contributed by atoms with Crippen molar-refractivity contribution in [2.75, 3.05) is 6.54 Å². The fourth-order valence-electron chi connectivity index (χ4n) is 1.98. The molecule has 0 aliphatic rings. The zero-order valence-corrected chi connectivity index (χ0v) is 10.8. The lowest BCUT2D eigenvalue weighted by atomic mass is 10.1. The number of furan rings is 1. The van der Waals surface area contributed by atoms with Gasteiger partial charge in [-0.25, -0.2) is 4.79 Å². The Balaban J connectivity index is 1.83. The van der Waals surface area contributed by atoms with Gasteiger partial charge in [-0.15, -0.1) is 0 Å². The van der Waals surface area contributed by atoms with Crippen molar-refractivity contribution in [1.29, 1.82) is 0 Å². The van der Waals surface area contributed by atoms with E-state index < -0.39 is 5.97 Å². The molecule has 0 spiro atoms. The Morgan fingerprint density at radius 3 is 2.84 bits per heavy atom. The highest BCUT2D eigenvalue weighted by molar-refractivity contribution is 5.88. The lowest BCUT2D eigenvalue weighted by molar-refractivity contribution is 0.0694. The number of benzene rings is 1. The minimum absolute atomic E-state index is 0.225. The molecular formula is C15H17NO3. The number of carbonyl (C=O) groups is 1. The molecule has 0 amide bonds. The van der Waals surface area contributed by atoms with Gasteiger partial charge in [-0.3, -0.25) is 0 Å². The maximum absolute atomic E-state index is 10.9. The van der Waals surface area contributed by atoms with Gasteiger partial charge in [-0.2, -0.15) is 0 Å². The summed E-state index contributed by atoms with van der Waals surface area (Å²) in [7, 11) is 0. The van der Waals surface area contributed by atoms with Crippen LogP contribution in [0.2, 0.25) is 0 Å². The molecule has 4 heteroatoms. The number of rotatable bonds is 6. The van der Waals surface area contributed by atoms with Gasteiger partial charge in [0.15, 0.2) is 0 Å². The van der Waals surface area contributed by atoms with E-state index in [0.29, 0.717) is 12.3 Å². The third-order valence-electron chi connectivity index (χ3n) is 3.09. The van der Waals surface area contributed by atoms with Crippen molar-refractivity contribution in [1.82, 2.24) is 5.32 Å². The number of hydrogen-bond acceptors (Lipinski definition) is 3. The van der Waals surface area contributed by atoms with Crippen LogP contribution in [0.5, 0.6) is 0 Å². The van der Waals surface area contributed by atoms with Crippen molar-refractivity contribution >= 4 is 5.97 Å². The average molecular weight is 259 g/mol. The van der Waals surface area contributed by atoms with Crippen molar-refractivity contribution in [3.05, 3.63) is 59.0 Å². The molecule has 0 atom stereocenters. The van der Waals surface area contributed by atoms with Gasteiger partial charge >= 0.3 is 5.97 Å². The van der Waals surface area contributed by atoms with Crippen LogP contribution in [0.15, 0.2) is 41.0 Å².